The zero-order chi connectivity index (χ0) is 9.80. The summed E-state index contributed by atoms with van der Waals surface area (Å²) in [6.07, 6.45) is 0. The van der Waals surface area contributed by atoms with E-state index in [4.69, 9.17) is 15.3 Å². The molecule has 0 aliphatic carbocycles. The first-order valence-corrected chi connectivity index (χ1v) is 4.43. The standard InChI is InChI=1S/C9H13N3O2/c10-12-5-11-4-7-1-2-8-9(3-7)14-6-13-8/h1-3,11-12H,4-6,10H2. The summed E-state index contributed by atoms with van der Waals surface area (Å²) in [6.45, 7) is 1.64. The van der Waals surface area contributed by atoms with E-state index < -0.39 is 0 Å². The average molecular weight is 195 g/mol. The summed E-state index contributed by atoms with van der Waals surface area (Å²) < 4.78 is 10.5. The monoisotopic (exact) mass is 195 g/mol. The molecule has 0 fully saturated rings. The summed E-state index contributed by atoms with van der Waals surface area (Å²) in [7, 11) is 0. The quantitative estimate of drug-likeness (QED) is 0.271. The topological polar surface area (TPSA) is 68.5 Å². The summed E-state index contributed by atoms with van der Waals surface area (Å²) in [5, 5.41) is 3.11. The predicted octanol–water partition coefficient (Wildman–Crippen LogP) is -0.0743. The molecule has 1 aliphatic heterocycles. The first-order chi connectivity index (χ1) is 6.90. The van der Waals surface area contributed by atoms with Gasteiger partial charge in [-0.3, -0.25) is 11.2 Å². The Labute approximate surface area is 82.2 Å². The molecule has 0 saturated heterocycles. The van der Waals surface area contributed by atoms with Crippen molar-refractivity contribution in [3.05, 3.63) is 23.8 Å². The number of fused-ring (bicyclic) bond motifs is 1. The van der Waals surface area contributed by atoms with Gasteiger partial charge < -0.3 is 9.47 Å². The van der Waals surface area contributed by atoms with Crippen LogP contribution in [0, 0.1) is 0 Å². The van der Waals surface area contributed by atoms with Crippen LogP contribution < -0.4 is 26.1 Å². The number of nitrogens with two attached hydrogens (primary N) is 1. The van der Waals surface area contributed by atoms with E-state index in [1.807, 2.05) is 18.2 Å². The zero-order valence-corrected chi connectivity index (χ0v) is 7.75. The lowest BCUT2D eigenvalue weighted by atomic mass is 10.2. The molecule has 0 unspecified atom stereocenters. The van der Waals surface area contributed by atoms with Crippen LogP contribution in [-0.4, -0.2) is 13.5 Å². The number of rotatable bonds is 4. The van der Waals surface area contributed by atoms with Crippen molar-refractivity contribution in [1.82, 2.24) is 10.7 Å². The molecule has 0 saturated carbocycles. The van der Waals surface area contributed by atoms with E-state index in [-0.39, 0.29) is 0 Å². The molecule has 1 heterocycles. The molecule has 0 amide bonds. The smallest absolute Gasteiger partial charge is 0.231 e. The van der Waals surface area contributed by atoms with Gasteiger partial charge >= 0.3 is 0 Å². The molecule has 0 radical (unpaired) electrons. The molecule has 14 heavy (non-hydrogen) atoms. The second-order valence-corrected chi connectivity index (χ2v) is 3.00. The van der Waals surface area contributed by atoms with Crippen LogP contribution >= 0.6 is 0 Å². The molecule has 4 N–H and O–H groups in total. The fraction of sp³-hybridized carbons (Fsp3) is 0.333. The largest absolute Gasteiger partial charge is 0.454 e. The Balaban J connectivity index is 1.98. The molecule has 5 nitrogen and oxygen atoms in total. The van der Waals surface area contributed by atoms with E-state index in [9.17, 15) is 0 Å². The lowest BCUT2D eigenvalue weighted by Gasteiger charge is -2.04. The third-order valence-corrected chi connectivity index (χ3v) is 1.99. The van der Waals surface area contributed by atoms with E-state index in [1.165, 1.54) is 0 Å². The van der Waals surface area contributed by atoms with Gasteiger partial charge in [-0.15, -0.1) is 0 Å². The average Bonchev–Trinajstić information content (AvgIpc) is 2.65. The Morgan fingerprint density at radius 3 is 3.00 bits per heavy atom. The molecular formula is C9H13N3O2. The zero-order valence-electron chi connectivity index (χ0n) is 7.75. The van der Waals surface area contributed by atoms with Crippen molar-refractivity contribution in [2.45, 2.75) is 6.54 Å². The number of nitrogens with one attached hydrogen (secondary N) is 2. The third-order valence-electron chi connectivity index (χ3n) is 1.99. The molecule has 2 rings (SSSR count). The second-order valence-electron chi connectivity index (χ2n) is 3.00. The van der Waals surface area contributed by atoms with E-state index in [1.54, 1.807) is 0 Å². The molecule has 1 aliphatic rings. The number of hydrogen-bond donors (Lipinski definition) is 3. The van der Waals surface area contributed by atoms with Gasteiger partial charge in [0.25, 0.3) is 0 Å². The lowest BCUT2D eigenvalue weighted by Crippen LogP contribution is -2.33. The van der Waals surface area contributed by atoms with Gasteiger partial charge in [0, 0.05) is 6.54 Å². The van der Waals surface area contributed by atoms with Crippen LogP contribution in [0.4, 0.5) is 0 Å². The Morgan fingerprint density at radius 1 is 1.29 bits per heavy atom. The molecule has 0 aromatic heterocycles. The van der Waals surface area contributed by atoms with Crippen LogP contribution in [0.2, 0.25) is 0 Å². The maximum Gasteiger partial charge on any atom is 0.231 e. The summed E-state index contributed by atoms with van der Waals surface area (Å²) in [4.78, 5) is 0. The van der Waals surface area contributed by atoms with Crippen molar-refractivity contribution in [2.75, 3.05) is 13.5 Å². The Kier molecular flexibility index (Phi) is 2.83. The highest BCUT2D eigenvalue weighted by atomic mass is 16.7. The van der Waals surface area contributed by atoms with Crippen molar-refractivity contribution in [3.8, 4) is 11.5 Å². The highest BCUT2D eigenvalue weighted by molar-refractivity contribution is 5.44. The van der Waals surface area contributed by atoms with Gasteiger partial charge in [-0.1, -0.05) is 6.07 Å². The minimum atomic E-state index is 0.316. The minimum absolute atomic E-state index is 0.316. The minimum Gasteiger partial charge on any atom is -0.454 e. The van der Waals surface area contributed by atoms with Crippen molar-refractivity contribution < 1.29 is 9.47 Å². The normalized spacial score (nSPS) is 13.2. The molecule has 5 heteroatoms. The van der Waals surface area contributed by atoms with Crippen LogP contribution in [0.15, 0.2) is 18.2 Å². The number of hydrogen-bond acceptors (Lipinski definition) is 5. The van der Waals surface area contributed by atoms with Crippen LogP contribution in [0.25, 0.3) is 0 Å². The van der Waals surface area contributed by atoms with Gasteiger partial charge in [0.1, 0.15) is 0 Å². The Morgan fingerprint density at radius 2 is 2.14 bits per heavy atom. The first kappa shape index (κ1) is 9.26. The van der Waals surface area contributed by atoms with Crippen LogP contribution in [0.5, 0.6) is 11.5 Å². The van der Waals surface area contributed by atoms with Gasteiger partial charge in [-0.2, -0.15) is 0 Å². The van der Waals surface area contributed by atoms with Crippen molar-refractivity contribution in [2.24, 2.45) is 5.84 Å². The molecule has 1 aromatic carbocycles. The molecule has 76 valence electrons. The van der Waals surface area contributed by atoms with Gasteiger partial charge in [-0.05, 0) is 17.7 Å². The summed E-state index contributed by atoms with van der Waals surface area (Å²) in [5.41, 5.74) is 3.67. The summed E-state index contributed by atoms with van der Waals surface area (Å²) >= 11 is 0. The van der Waals surface area contributed by atoms with Crippen LogP contribution in [0.1, 0.15) is 5.56 Å². The Hall–Kier alpha value is -1.30. The number of benzene rings is 1. The fourth-order valence-corrected chi connectivity index (χ4v) is 1.33. The predicted molar refractivity (Wildman–Crippen MR) is 51.6 cm³/mol. The molecule has 0 atom stereocenters. The highest BCUT2D eigenvalue weighted by Gasteiger charge is 2.12. The first-order valence-electron chi connectivity index (χ1n) is 4.43. The maximum absolute atomic E-state index is 5.26. The van der Waals surface area contributed by atoms with Crippen molar-refractivity contribution in [1.29, 1.82) is 0 Å². The third kappa shape index (κ3) is 1.95. The van der Waals surface area contributed by atoms with E-state index in [0.29, 0.717) is 13.5 Å². The summed E-state index contributed by atoms with van der Waals surface area (Å²) in [5.74, 6) is 6.75. The van der Waals surface area contributed by atoms with Crippen molar-refractivity contribution >= 4 is 0 Å². The van der Waals surface area contributed by atoms with Crippen LogP contribution in [0.3, 0.4) is 0 Å². The molecule has 0 bridgehead atoms. The highest BCUT2D eigenvalue weighted by Crippen LogP contribution is 2.32. The van der Waals surface area contributed by atoms with Crippen LogP contribution in [-0.2, 0) is 6.54 Å². The van der Waals surface area contributed by atoms with Gasteiger partial charge in [0.15, 0.2) is 11.5 Å². The second kappa shape index (κ2) is 4.28. The van der Waals surface area contributed by atoms with Gasteiger partial charge in [0.05, 0.1) is 6.67 Å². The number of hydrazine groups is 1. The molecule has 1 aromatic rings. The summed E-state index contributed by atoms with van der Waals surface area (Å²) in [6, 6.07) is 5.87. The lowest BCUT2D eigenvalue weighted by molar-refractivity contribution is 0.174. The van der Waals surface area contributed by atoms with Crippen molar-refractivity contribution in [3.63, 3.8) is 0 Å². The fourth-order valence-electron chi connectivity index (χ4n) is 1.33. The molecule has 0 spiro atoms. The molecular weight excluding hydrogens is 182 g/mol. The number of ether oxygens (including phenoxy) is 2. The Bertz CT molecular complexity index is 317. The maximum atomic E-state index is 5.26. The van der Waals surface area contributed by atoms with Gasteiger partial charge in [0.2, 0.25) is 6.79 Å². The van der Waals surface area contributed by atoms with E-state index >= 15 is 0 Å². The van der Waals surface area contributed by atoms with Gasteiger partial charge in [-0.25, -0.2) is 5.43 Å². The SMILES string of the molecule is NNCNCc1ccc2c(c1)OCO2. The van der Waals surface area contributed by atoms with E-state index in [2.05, 4.69) is 10.7 Å². The van der Waals surface area contributed by atoms with E-state index in [0.717, 1.165) is 23.6 Å².